The van der Waals surface area contributed by atoms with Gasteiger partial charge in [0.1, 0.15) is 0 Å². The van der Waals surface area contributed by atoms with Gasteiger partial charge in [-0.25, -0.2) is 0 Å². The second-order valence-electron chi connectivity index (χ2n) is 12.0. The van der Waals surface area contributed by atoms with Crippen molar-refractivity contribution in [3.63, 3.8) is 0 Å². The fourth-order valence-corrected chi connectivity index (χ4v) is 7.63. The highest BCUT2D eigenvalue weighted by molar-refractivity contribution is 6.10. The van der Waals surface area contributed by atoms with Gasteiger partial charge < -0.3 is 4.57 Å². The molecule has 1 aromatic heterocycles. The first kappa shape index (κ1) is 26.3. The number of hydrogen-bond donors (Lipinski definition) is 0. The summed E-state index contributed by atoms with van der Waals surface area (Å²) in [6, 6.07) is 60.8. The summed E-state index contributed by atoms with van der Waals surface area (Å²) in [5, 5.41) is 12.7. The van der Waals surface area contributed by atoms with E-state index >= 15 is 0 Å². The van der Waals surface area contributed by atoms with Gasteiger partial charge >= 0.3 is 0 Å². The molecule has 0 bridgehead atoms. The molecule has 0 N–H and O–H groups in total. The Hall–Kier alpha value is -6.17. The molecule has 2 heteroatoms. The van der Waals surface area contributed by atoms with Crippen LogP contribution < -0.4 is 0 Å². The molecule has 0 atom stereocenters. The standard InChI is InChI=1S/C44H28N2/c45-28-31-13-1-2-16-33(31)44-32(23-12-26-42(44)46-40-24-9-7-19-36(40)37-20-8-10-25-41(37)46)29-14-11-15-30(27-29)43-38-21-5-3-17-34(38)35-18-4-6-22-39(35)43/h1-27,43H. The number of aromatic nitrogens is 1. The van der Waals surface area contributed by atoms with Crippen molar-refractivity contribution < 1.29 is 0 Å². The van der Waals surface area contributed by atoms with Gasteiger partial charge in [-0.2, -0.15) is 5.26 Å². The van der Waals surface area contributed by atoms with Crippen LogP contribution in [0.15, 0.2) is 164 Å². The molecule has 0 amide bonds. The molecule has 1 aliphatic rings. The van der Waals surface area contributed by atoms with E-state index in [-0.39, 0.29) is 5.92 Å². The average molecular weight is 585 g/mol. The summed E-state index contributed by atoms with van der Waals surface area (Å²) < 4.78 is 2.37. The lowest BCUT2D eigenvalue weighted by molar-refractivity contribution is 1.02. The summed E-state index contributed by atoms with van der Waals surface area (Å²) in [6.45, 7) is 0. The topological polar surface area (TPSA) is 28.7 Å². The van der Waals surface area contributed by atoms with Crippen molar-refractivity contribution in [2.75, 3.05) is 0 Å². The summed E-state index contributed by atoms with van der Waals surface area (Å²) in [4.78, 5) is 0. The van der Waals surface area contributed by atoms with Crippen molar-refractivity contribution in [2.45, 2.75) is 5.92 Å². The number of para-hydroxylation sites is 2. The Morgan fingerprint density at radius 1 is 0.478 bits per heavy atom. The van der Waals surface area contributed by atoms with E-state index in [1.807, 2.05) is 18.2 Å². The van der Waals surface area contributed by atoms with Crippen molar-refractivity contribution in [3.8, 4) is 45.1 Å². The van der Waals surface area contributed by atoms with Crippen LogP contribution in [0.1, 0.15) is 28.2 Å². The zero-order valence-corrected chi connectivity index (χ0v) is 25.1. The van der Waals surface area contributed by atoms with Crippen LogP contribution in [0, 0.1) is 11.3 Å². The van der Waals surface area contributed by atoms with Crippen LogP contribution in [-0.4, -0.2) is 4.57 Å². The van der Waals surface area contributed by atoms with Gasteiger partial charge in [0.05, 0.1) is 28.4 Å². The maximum absolute atomic E-state index is 10.3. The van der Waals surface area contributed by atoms with Gasteiger partial charge in [0, 0.05) is 27.8 Å². The van der Waals surface area contributed by atoms with Gasteiger partial charge in [0.2, 0.25) is 0 Å². The Morgan fingerprint density at radius 2 is 1.02 bits per heavy atom. The SMILES string of the molecule is N#Cc1ccccc1-c1c(-c2cccc(C3c4ccccc4-c4ccccc43)c2)cccc1-n1c2ccccc2c2ccccc21. The molecular weight excluding hydrogens is 556 g/mol. The minimum atomic E-state index is 0.155. The van der Waals surface area contributed by atoms with E-state index in [0.717, 1.165) is 39.0 Å². The maximum atomic E-state index is 10.3. The van der Waals surface area contributed by atoms with Crippen LogP contribution in [0.2, 0.25) is 0 Å². The molecule has 0 aliphatic heterocycles. The van der Waals surface area contributed by atoms with Crippen molar-refractivity contribution >= 4 is 21.8 Å². The van der Waals surface area contributed by atoms with Crippen LogP contribution in [0.5, 0.6) is 0 Å². The molecular formula is C44H28N2. The third kappa shape index (κ3) is 3.89. The number of fused-ring (bicyclic) bond motifs is 6. The van der Waals surface area contributed by atoms with E-state index in [4.69, 9.17) is 0 Å². The Bertz CT molecular complexity index is 2410. The predicted octanol–water partition coefficient (Wildman–Crippen LogP) is 11.1. The first-order valence-corrected chi connectivity index (χ1v) is 15.7. The quantitative estimate of drug-likeness (QED) is 0.202. The summed E-state index contributed by atoms with van der Waals surface area (Å²) in [5.41, 5.74) is 14.8. The molecule has 8 aromatic rings. The molecule has 0 saturated carbocycles. The van der Waals surface area contributed by atoms with Crippen molar-refractivity contribution in [1.29, 1.82) is 5.26 Å². The monoisotopic (exact) mass is 584 g/mol. The molecule has 1 aliphatic carbocycles. The largest absolute Gasteiger partial charge is 0.309 e. The molecule has 7 aromatic carbocycles. The van der Waals surface area contributed by atoms with Crippen molar-refractivity contribution in [2.24, 2.45) is 0 Å². The van der Waals surface area contributed by atoms with E-state index in [1.165, 1.54) is 38.6 Å². The van der Waals surface area contributed by atoms with Crippen LogP contribution in [0.3, 0.4) is 0 Å². The van der Waals surface area contributed by atoms with Crippen LogP contribution >= 0.6 is 0 Å². The number of hydrogen-bond acceptors (Lipinski definition) is 1. The predicted molar refractivity (Wildman–Crippen MR) is 189 cm³/mol. The molecule has 0 spiro atoms. The minimum absolute atomic E-state index is 0.155. The molecule has 0 radical (unpaired) electrons. The Kier molecular flexibility index (Phi) is 5.98. The van der Waals surface area contributed by atoms with Crippen molar-refractivity contribution in [1.82, 2.24) is 4.57 Å². The number of benzene rings is 7. The molecule has 1 heterocycles. The van der Waals surface area contributed by atoms with E-state index in [1.54, 1.807) is 0 Å². The Morgan fingerprint density at radius 3 is 1.70 bits per heavy atom. The summed E-state index contributed by atoms with van der Waals surface area (Å²) >= 11 is 0. The summed E-state index contributed by atoms with van der Waals surface area (Å²) in [5.74, 6) is 0.155. The van der Waals surface area contributed by atoms with Crippen molar-refractivity contribution in [3.05, 3.63) is 186 Å². The second-order valence-corrected chi connectivity index (χ2v) is 12.0. The molecule has 0 unspecified atom stereocenters. The van der Waals surface area contributed by atoms with Crippen LogP contribution in [0.4, 0.5) is 0 Å². The number of rotatable bonds is 4. The first-order valence-electron chi connectivity index (χ1n) is 15.7. The fraction of sp³-hybridized carbons (Fsp3) is 0.0227. The second kappa shape index (κ2) is 10.5. The molecule has 0 fully saturated rings. The lowest BCUT2D eigenvalue weighted by Gasteiger charge is -2.20. The third-order valence-corrected chi connectivity index (χ3v) is 9.55. The van der Waals surface area contributed by atoms with Gasteiger partial charge in [-0.05, 0) is 63.2 Å². The minimum Gasteiger partial charge on any atom is -0.309 e. The summed E-state index contributed by atoms with van der Waals surface area (Å²) in [7, 11) is 0. The lowest BCUT2D eigenvalue weighted by Crippen LogP contribution is -2.02. The zero-order chi connectivity index (χ0) is 30.6. The van der Waals surface area contributed by atoms with Gasteiger partial charge in [-0.3, -0.25) is 0 Å². The third-order valence-electron chi connectivity index (χ3n) is 9.55. The van der Waals surface area contributed by atoms with E-state index < -0.39 is 0 Å². The molecule has 214 valence electrons. The average Bonchev–Trinajstić information content (AvgIpc) is 3.64. The first-order chi connectivity index (χ1) is 22.8. The number of nitriles is 1. The highest BCUT2D eigenvalue weighted by Gasteiger charge is 2.29. The maximum Gasteiger partial charge on any atom is 0.0998 e. The zero-order valence-electron chi connectivity index (χ0n) is 25.1. The molecule has 2 nitrogen and oxygen atoms in total. The molecule has 0 saturated heterocycles. The summed E-state index contributed by atoms with van der Waals surface area (Å²) in [6.07, 6.45) is 0. The van der Waals surface area contributed by atoms with E-state index in [0.29, 0.717) is 5.56 Å². The smallest absolute Gasteiger partial charge is 0.0998 e. The lowest BCUT2D eigenvalue weighted by atomic mass is 9.85. The van der Waals surface area contributed by atoms with Crippen LogP contribution in [-0.2, 0) is 0 Å². The van der Waals surface area contributed by atoms with Gasteiger partial charge in [0.25, 0.3) is 0 Å². The van der Waals surface area contributed by atoms with Gasteiger partial charge in [-0.1, -0.05) is 140 Å². The van der Waals surface area contributed by atoms with Gasteiger partial charge in [-0.15, -0.1) is 0 Å². The van der Waals surface area contributed by atoms with E-state index in [9.17, 15) is 5.26 Å². The fourth-order valence-electron chi connectivity index (χ4n) is 7.63. The Balaban J connectivity index is 1.32. The highest BCUT2D eigenvalue weighted by atomic mass is 15.0. The van der Waals surface area contributed by atoms with Gasteiger partial charge in [0.15, 0.2) is 0 Å². The van der Waals surface area contributed by atoms with Crippen LogP contribution in [0.25, 0.3) is 60.9 Å². The van der Waals surface area contributed by atoms with E-state index in [2.05, 4.69) is 156 Å². The number of nitrogens with zero attached hydrogens (tertiary/aromatic N) is 2. The normalized spacial score (nSPS) is 12.2. The molecule has 46 heavy (non-hydrogen) atoms. The molecule has 9 rings (SSSR count). The Labute approximate surface area is 268 Å². The highest BCUT2D eigenvalue weighted by Crippen LogP contribution is 2.49.